The molecule has 1 N–H and O–H groups in total. The monoisotopic (exact) mass is 233 g/mol. The van der Waals surface area contributed by atoms with Crippen LogP contribution < -0.4 is 5.32 Å². The fourth-order valence-electron chi connectivity index (χ4n) is 2.27. The maximum absolute atomic E-state index is 11.9. The van der Waals surface area contributed by atoms with Crippen molar-refractivity contribution >= 4 is 18.3 Å². The van der Waals surface area contributed by atoms with E-state index in [1.165, 1.54) is 0 Å². The van der Waals surface area contributed by atoms with Crippen LogP contribution in [-0.4, -0.2) is 60.5 Å². The molecule has 2 aliphatic heterocycles. The van der Waals surface area contributed by atoms with E-state index >= 15 is 0 Å². The first-order valence-corrected chi connectivity index (χ1v) is 5.49. The number of halogens is 1. The zero-order valence-corrected chi connectivity index (χ0v) is 10.2. The second-order valence-corrected chi connectivity index (χ2v) is 4.14. The zero-order valence-electron chi connectivity index (χ0n) is 9.40. The molecule has 1 amide bonds. The van der Waals surface area contributed by atoms with Gasteiger partial charge in [-0.3, -0.25) is 9.69 Å². The fourth-order valence-corrected chi connectivity index (χ4v) is 2.27. The Balaban J connectivity index is 0.00000112. The van der Waals surface area contributed by atoms with Gasteiger partial charge in [-0.15, -0.1) is 12.4 Å². The Morgan fingerprint density at radius 3 is 2.53 bits per heavy atom. The van der Waals surface area contributed by atoms with Gasteiger partial charge in [0.1, 0.15) is 0 Å². The zero-order chi connectivity index (χ0) is 10.1. The van der Waals surface area contributed by atoms with E-state index in [0.717, 1.165) is 32.7 Å². The smallest absolute Gasteiger partial charge is 0.239 e. The Bertz CT molecular complexity index is 233. The summed E-state index contributed by atoms with van der Waals surface area (Å²) >= 11 is 0. The van der Waals surface area contributed by atoms with Gasteiger partial charge in [0.25, 0.3) is 0 Å². The van der Waals surface area contributed by atoms with E-state index in [1.807, 2.05) is 18.7 Å². The molecule has 2 saturated heterocycles. The third-order valence-corrected chi connectivity index (χ3v) is 3.41. The topological polar surface area (TPSA) is 35.6 Å². The lowest BCUT2D eigenvalue weighted by atomic mass is 10.0. The largest absolute Gasteiger partial charge is 0.340 e. The van der Waals surface area contributed by atoms with E-state index in [1.54, 1.807) is 0 Å². The fraction of sp³-hybridized carbons (Fsp3) is 0.900. The number of hydrogen-bond acceptors (Lipinski definition) is 3. The molecule has 0 aromatic rings. The molecule has 0 bridgehead atoms. The highest BCUT2D eigenvalue weighted by atomic mass is 35.5. The number of amides is 1. The third kappa shape index (κ3) is 2.27. The van der Waals surface area contributed by atoms with Crippen molar-refractivity contribution in [2.45, 2.75) is 25.9 Å². The molecule has 5 heteroatoms. The van der Waals surface area contributed by atoms with Crippen LogP contribution in [-0.2, 0) is 4.79 Å². The number of carbonyl (C=O) groups excluding carboxylic acids is 1. The normalized spacial score (nSPS) is 28.5. The standard InChI is InChI=1S/C10H19N3O.ClH/c1-3-12-4-5-13(8(2)10(12)14)9-6-11-7-9;/h8-9,11H,3-7H2,1-2H3;1H. The molecule has 2 rings (SSSR count). The van der Waals surface area contributed by atoms with Crippen LogP contribution in [0.5, 0.6) is 0 Å². The number of nitrogens with zero attached hydrogens (tertiary/aromatic N) is 2. The molecule has 2 heterocycles. The Hall–Kier alpha value is -0.320. The van der Waals surface area contributed by atoms with Gasteiger partial charge in [-0.25, -0.2) is 0 Å². The Morgan fingerprint density at radius 2 is 2.07 bits per heavy atom. The van der Waals surface area contributed by atoms with Gasteiger partial charge in [0, 0.05) is 38.8 Å². The van der Waals surface area contributed by atoms with Gasteiger partial charge in [-0.05, 0) is 13.8 Å². The first-order valence-electron chi connectivity index (χ1n) is 5.49. The van der Waals surface area contributed by atoms with Crippen molar-refractivity contribution in [3.63, 3.8) is 0 Å². The summed E-state index contributed by atoms with van der Waals surface area (Å²) < 4.78 is 0. The molecular formula is C10H20ClN3O. The molecule has 0 aliphatic carbocycles. The number of likely N-dealkylation sites (N-methyl/N-ethyl adjacent to an activating group) is 1. The molecule has 2 fully saturated rings. The quantitative estimate of drug-likeness (QED) is 0.726. The van der Waals surface area contributed by atoms with Crippen LogP contribution in [0.15, 0.2) is 0 Å². The van der Waals surface area contributed by atoms with E-state index in [0.29, 0.717) is 11.9 Å². The van der Waals surface area contributed by atoms with Crippen LogP contribution in [0.3, 0.4) is 0 Å². The molecule has 0 radical (unpaired) electrons. The van der Waals surface area contributed by atoms with Crippen molar-refractivity contribution in [2.24, 2.45) is 0 Å². The highest BCUT2D eigenvalue weighted by Gasteiger charge is 2.36. The van der Waals surface area contributed by atoms with Gasteiger partial charge >= 0.3 is 0 Å². The summed E-state index contributed by atoms with van der Waals surface area (Å²) in [6.45, 7) is 8.95. The second-order valence-electron chi connectivity index (χ2n) is 4.14. The molecule has 2 aliphatic rings. The summed E-state index contributed by atoms with van der Waals surface area (Å²) in [5.74, 6) is 0.297. The van der Waals surface area contributed by atoms with E-state index in [4.69, 9.17) is 0 Å². The lowest BCUT2D eigenvalue weighted by molar-refractivity contribution is -0.142. The summed E-state index contributed by atoms with van der Waals surface area (Å²) in [6.07, 6.45) is 0. The van der Waals surface area contributed by atoms with Gasteiger partial charge in [0.15, 0.2) is 0 Å². The van der Waals surface area contributed by atoms with E-state index in [9.17, 15) is 4.79 Å². The molecule has 1 atom stereocenters. The highest BCUT2D eigenvalue weighted by Crippen LogP contribution is 2.16. The highest BCUT2D eigenvalue weighted by molar-refractivity contribution is 5.85. The average molecular weight is 234 g/mol. The predicted octanol–water partition coefficient (Wildman–Crippen LogP) is -0.0674. The summed E-state index contributed by atoms with van der Waals surface area (Å²) in [6, 6.07) is 0.670. The van der Waals surface area contributed by atoms with Crippen molar-refractivity contribution in [3.8, 4) is 0 Å². The van der Waals surface area contributed by atoms with E-state index in [2.05, 4.69) is 10.2 Å². The number of piperazine rings is 1. The summed E-state index contributed by atoms with van der Waals surface area (Å²) in [5, 5.41) is 3.25. The van der Waals surface area contributed by atoms with E-state index in [-0.39, 0.29) is 18.4 Å². The third-order valence-electron chi connectivity index (χ3n) is 3.41. The van der Waals surface area contributed by atoms with Gasteiger partial charge in [-0.1, -0.05) is 0 Å². The van der Waals surface area contributed by atoms with Crippen molar-refractivity contribution in [1.29, 1.82) is 0 Å². The molecule has 4 nitrogen and oxygen atoms in total. The SMILES string of the molecule is CCN1CCN(C2CNC2)C(C)C1=O.Cl. The molecule has 0 spiro atoms. The Labute approximate surface area is 97.4 Å². The van der Waals surface area contributed by atoms with Gasteiger partial charge in [0.2, 0.25) is 5.91 Å². The molecular weight excluding hydrogens is 214 g/mol. The van der Waals surface area contributed by atoms with Crippen molar-refractivity contribution in [1.82, 2.24) is 15.1 Å². The van der Waals surface area contributed by atoms with Gasteiger partial charge in [-0.2, -0.15) is 0 Å². The van der Waals surface area contributed by atoms with Crippen molar-refractivity contribution < 1.29 is 4.79 Å². The molecule has 1 unspecified atom stereocenters. The average Bonchev–Trinajstić information content (AvgIpc) is 2.10. The lowest BCUT2D eigenvalue weighted by Crippen LogP contribution is -2.66. The minimum absolute atomic E-state index is 0. The summed E-state index contributed by atoms with van der Waals surface area (Å²) in [5.41, 5.74) is 0. The van der Waals surface area contributed by atoms with Gasteiger partial charge in [0.05, 0.1) is 6.04 Å². The van der Waals surface area contributed by atoms with Crippen LogP contribution in [0, 0.1) is 0 Å². The first-order chi connectivity index (χ1) is 6.74. The van der Waals surface area contributed by atoms with Crippen LogP contribution >= 0.6 is 12.4 Å². The van der Waals surface area contributed by atoms with Crippen LogP contribution in [0.25, 0.3) is 0 Å². The van der Waals surface area contributed by atoms with Gasteiger partial charge < -0.3 is 10.2 Å². The first kappa shape index (κ1) is 12.7. The predicted molar refractivity (Wildman–Crippen MR) is 62.3 cm³/mol. The van der Waals surface area contributed by atoms with Crippen LogP contribution in [0.4, 0.5) is 0 Å². The number of carbonyl (C=O) groups is 1. The minimum Gasteiger partial charge on any atom is -0.340 e. The Morgan fingerprint density at radius 1 is 1.40 bits per heavy atom. The maximum Gasteiger partial charge on any atom is 0.239 e. The molecule has 0 aromatic carbocycles. The molecule has 0 saturated carbocycles. The van der Waals surface area contributed by atoms with Crippen LogP contribution in [0.2, 0.25) is 0 Å². The number of nitrogens with one attached hydrogen (secondary N) is 1. The summed E-state index contributed by atoms with van der Waals surface area (Å²) in [4.78, 5) is 16.2. The van der Waals surface area contributed by atoms with Crippen LogP contribution in [0.1, 0.15) is 13.8 Å². The molecule has 0 aromatic heterocycles. The number of hydrogen-bond donors (Lipinski definition) is 1. The molecule has 15 heavy (non-hydrogen) atoms. The van der Waals surface area contributed by atoms with Crippen molar-refractivity contribution in [3.05, 3.63) is 0 Å². The lowest BCUT2D eigenvalue weighted by Gasteiger charge is -2.46. The summed E-state index contributed by atoms with van der Waals surface area (Å²) in [7, 11) is 0. The Kier molecular flexibility index (Phi) is 4.37. The van der Waals surface area contributed by atoms with Crippen molar-refractivity contribution in [2.75, 3.05) is 32.7 Å². The van der Waals surface area contributed by atoms with E-state index < -0.39 is 0 Å². The maximum atomic E-state index is 11.9. The number of rotatable bonds is 2. The second kappa shape index (κ2) is 5.14. The minimum atomic E-state index is 0. The molecule has 88 valence electrons.